The minimum Gasteiger partial charge on any atom is -0.490 e. The number of carbonyl (C=O) groups is 1. The predicted molar refractivity (Wildman–Crippen MR) is 57.4 cm³/mol. The first-order valence-corrected chi connectivity index (χ1v) is 5.19. The van der Waals surface area contributed by atoms with Gasteiger partial charge in [-0.3, -0.25) is 0 Å². The molecule has 0 fully saturated rings. The van der Waals surface area contributed by atoms with Crippen LogP contribution in [0.25, 0.3) is 0 Å². The van der Waals surface area contributed by atoms with Gasteiger partial charge >= 0.3 is 5.97 Å². The van der Waals surface area contributed by atoms with Crippen LogP contribution in [-0.4, -0.2) is 24.3 Å². The molecule has 1 aromatic carbocycles. The van der Waals surface area contributed by atoms with Gasteiger partial charge in [0.15, 0.2) is 0 Å². The van der Waals surface area contributed by atoms with E-state index >= 15 is 0 Å². The number of hydrogen-bond donors (Lipinski definition) is 1. The Morgan fingerprint density at radius 2 is 2.31 bits per heavy atom. The van der Waals surface area contributed by atoms with Crippen molar-refractivity contribution in [3.8, 4) is 5.75 Å². The first-order valence-electron chi connectivity index (χ1n) is 5.19. The highest BCUT2D eigenvalue weighted by Gasteiger charge is 2.25. The van der Waals surface area contributed by atoms with Crippen molar-refractivity contribution in [2.45, 2.75) is 25.6 Å². The summed E-state index contributed by atoms with van der Waals surface area (Å²) in [7, 11) is 1.33. The maximum Gasteiger partial charge on any atom is 0.337 e. The molecule has 86 valence electrons. The van der Waals surface area contributed by atoms with Gasteiger partial charge in [-0.2, -0.15) is 0 Å². The van der Waals surface area contributed by atoms with Crippen LogP contribution in [0.5, 0.6) is 5.75 Å². The van der Waals surface area contributed by atoms with Crippen molar-refractivity contribution in [1.29, 1.82) is 0 Å². The zero-order valence-electron chi connectivity index (χ0n) is 9.27. The fourth-order valence-electron chi connectivity index (χ4n) is 1.87. The van der Waals surface area contributed by atoms with Crippen molar-refractivity contribution in [1.82, 2.24) is 0 Å². The predicted octanol–water partition coefficient (Wildman–Crippen LogP) is 1.68. The molecule has 0 bridgehead atoms. The van der Waals surface area contributed by atoms with Gasteiger partial charge < -0.3 is 14.6 Å². The van der Waals surface area contributed by atoms with Gasteiger partial charge in [-0.15, -0.1) is 0 Å². The SMILES string of the molecule is COC(=O)c1ccc2c(c1)C(O)CC(C)O2. The second-order valence-corrected chi connectivity index (χ2v) is 3.92. The van der Waals surface area contributed by atoms with Gasteiger partial charge in [-0.05, 0) is 25.1 Å². The minimum atomic E-state index is -0.580. The molecular formula is C12H14O4. The first-order chi connectivity index (χ1) is 7.61. The third kappa shape index (κ3) is 1.88. The fraction of sp³-hybridized carbons (Fsp3) is 0.417. The summed E-state index contributed by atoms with van der Waals surface area (Å²) in [5.74, 6) is 0.229. The number of benzene rings is 1. The van der Waals surface area contributed by atoms with Gasteiger partial charge in [-0.25, -0.2) is 4.79 Å². The van der Waals surface area contributed by atoms with Crippen LogP contribution in [0.4, 0.5) is 0 Å². The molecule has 1 N–H and O–H groups in total. The van der Waals surface area contributed by atoms with Crippen LogP contribution in [-0.2, 0) is 4.74 Å². The summed E-state index contributed by atoms with van der Waals surface area (Å²) in [5, 5.41) is 9.88. The summed E-state index contributed by atoms with van der Waals surface area (Å²) in [6.07, 6.45) is -0.0488. The Bertz CT molecular complexity index is 413. The Kier molecular flexibility index (Phi) is 2.83. The molecule has 0 spiro atoms. The molecule has 2 rings (SSSR count). The molecule has 1 aromatic rings. The van der Waals surface area contributed by atoms with Crippen molar-refractivity contribution in [3.63, 3.8) is 0 Å². The third-order valence-electron chi connectivity index (χ3n) is 2.67. The number of ether oxygens (including phenoxy) is 2. The van der Waals surface area contributed by atoms with E-state index in [1.54, 1.807) is 18.2 Å². The van der Waals surface area contributed by atoms with Gasteiger partial charge in [0, 0.05) is 12.0 Å². The van der Waals surface area contributed by atoms with Crippen LogP contribution in [0.1, 0.15) is 35.4 Å². The fourth-order valence-corrected chi connectivity index (χ4v) is 1.87. The maximum absolute atomic E-state index is 11.3. The number of esters is 1. The van der Waals surface area contributed by atoms with Crippen molar-refractivity contribution >= 4 is 5.97 Å². The zero-order chi connectivity index (χ0) is 11.7. The monoisotopic (exact) mass is 222 g/mol. The molecule has 0 aromatic heterocycles. The summed E-state index contributed by atoms with van der Waals surface area (Å²) in [6.45, 7) is 1.90. The van der Waals surface area contributed by atoms with Crippen molar-refractivity contribution in [2.24, 2.45) is 0 Å². The quantitative estimate of drug-likeness (QED) is 0.734. The minimum absolute atomic E-state index is 0.00789. The van der Waals surface area contributed by atoms with Gasteiger partial charge in [-0.1, -0.05) is 0 Å². The zero-order valence-corrected chi connectivity index (χ0v) is 9.27. The average Bonchev–Trinajstić information content (AvgIpc) is 2.27. The van der Waals surface area contributed by atoms with Crippen molar-refractivity contribution in [2.75, 3.05) is 7.11 Å². The first kappa shape index (κ1) is 11.0. The van der Waals surface area contributed by atoms with Crippen LogP contribution < -0.4 is 4.74 Å². The summed E-state index contributed by atoms with van der Waals surface area (Å²) in [5.41, 5.74) is 1.08. The molecule has 4 heteroatoms. The van der Waals surface area contributed by atoms with E-state index in [-0.39, 0.29) is 6.10 Å². The highest BCUT2D eigenvalue weighted by Crippen LogP contribution is 2.35. The van der Waals surface area contributed by atoms with E-state index < -0.39 is 12.1 Å². The molecule has 0 saturated carbocycles. The summed E-state index contributed by atoms with van der Waals surface area (Å²) < 4.78 is 10.2. The molecule has 16 heavy (non-hydrogen) atoms. The second kappa shape index (κ2) is 4.14. The van der Waals surface area contributed by atoms with Crippen LogP contribution in [0, 0.1) is 0 Å². The lowest BCUT2D eigenvalue weighted by atomic mass is 9.98. The molecule has 4 nitrogen and oxygen atoms in total. The highest BCUT2D eigenvalue weighted by atomic mass is 16.5. The normalized spacial score (nSPS) is 23.2. The Morgan fingerprint density at radius 3 is 3.00 bits per heavy atom. The highest BCUT2D eigenvalue weighted by molar-refractivity contribution is 5.89. The standard InChI is InChI=1S/C12H14O4/c1-7-5-10(13)9-6-8(12(14)15-2)3-4-11(9)16-7/h3-4,6-7,10,13H,5H2,1-2H3. The van der Waals surface area contributed by atoms with Crippen molar-refractivity contribution in [3.05, 3.63) is 29.3 Å². The van der Waals surface area contributed by atoms with E-state index in [1.165, 1.54) is 7.11 Å². The molecule has 0 aliphatic carbocycles. The number of hydrogen-bond acceptors (Lipinski definition) is 4. The Morgan fingerprint density at radius 1 is 1.56 bits per heavy atom. The van der Waals surface area contributed by atoms with Crippen LogP contribution in [0.3, 0.4) is 0 Å². The van der Waals surface area contributed by atoms with Crippen LogP contribution >= 0.6 is 0 Å². The largest absolute Gasteiger partial charge is 0.490 e. The van der Waals surface area contributed by atoms with Gasteiger partial charge in [0.1, 0.15) is 5.75 Å². The van der Waals surface area contributed by atoms with E-state index in [0.29, 0.717) is 23.3 Å². The number of aliphatic hydroxyl groups is 1. The van der Waals surface area contributed by atoms with E-state index in [1.807, 2.05) is 6.92 Å². The average molecular weight is 222 g/mol. The Balaban J connectivity index is 2.38. The van der Waals surface area contributed by atoms with Crippen LogP contribution in [0.15, 0.2) is 18.2 Å². The maximum atomic E-state index is 11.3. The van der Waals surface area contributed by atoms with E-state index in [4.69, 9.17) is 4.74 Å². The molecule has 1 aliphatic rings. The van der Waals surface area contributed by atoms with Gasteiger partial charge in [0.05, 0.1) is 24.9 Å². The smallest absolute Gasteiger partial charge is 0.337 e. The molecule has 0 radical (unpaired) electrons. The second-order valence-electron chi connectivity index (χ2n) is 3.92. The molecular weight excluding hydrogens is 208 g/mol. The number of rotatable bonds is 1. The molecule has 1 heterocycles. The van der Waals surface area contributed by atoms with E-state index in [0.717, 1.165) is 0 Å². The lowest BCUT2D eigenvalue weighted by Crippen LogP contribution is -2.22. The number of fused-ring (bicyclic) bond motifs is 1. The summed E-state index contributed by atoms with van der Waals surface area (Å²) >= 11 is 0. The number of aliphatic hydroxyl groups excluding tert-OH is 1. The third-order valence-corrected chi connectivity index (χ3v) is 2.67. The van der Waals surface area contributed by atoms with Crippen molar-refractivity contribution < 1.29 is 19.4 Å². The van der Waals surface area contributed by atoms with Gasteiger partial charge in [0.2, 0.25) is 0 Å². The van der Waals surface area contributed by atoms with E-state index in [2.05, 4.69) is 4.74 Å². The van der Waals surface area contributed by atoms with Gasteiger partial charge in [0.25, 0.3) is 0 Å². The molecule has 0 amide bonds. The lowest BCUT2D eigenvalue weighted by molar-refractivity contribution is 0.0597. The number of carbonyl (C=O) groups excluding carboxylic acids is 1. The lowest BCUT2D eigenvalue weighted by Gasteiger charge is -2.27. The summed E-state index contributed by atoms with van der Waals surface area (Å²) in [4.78, 5) is 11.3. The molecule has 2 atom stereocenters. The number of methoxy groups -OCH3 is 1. The molecule has 0 saturated heterocycles. The topological polar surface area (TPSA) is 55.8 Å². The molecule has 2 unspecified atom stereocenters. The van der Waals surface area contributed by atoms with Crippen LogP contribution in [0.2, 0.25) is 0 Å². The Hall–Kier alpha value is -1.55. The van der Waals surface area contributed by atoms with E-state index in [9.17, 15) is 9.90 Å². The Labute approximate surface area is 93.8 Å². The summed E-state index contributed by atoms with van der Waals surface area (Å²) in [6, 6.07) is 4.95. The molecule has 1 aliphatic heterocycles.